The van der Waals surface area contributed by atoms with Crippen LogP contribution in [0.15, 0.2) is 24.3 Å². The predicted octanol–water partition coefficient (Wildman–Crippen LogP) is 3.15. The van der Waals surface area contributed by atoms with E-state index >= 15 is 0 Å². The molecule has 0 radical (unpaired) electrons. The number of alkyl halides is 1. The summed E-state index contributed by atoms with van der Waals surface area (Å²) in [5.41, 5.74) is 1.11. The lowest BCUT2D eigenvalue weighted by atomic mass is 10.1. The highest BCUT2D eigenvalue weighted by molar-refractivity contribution is 6.20. The van der Waals surface area contributed by atoms with Gasteiger partial charge >= 0.3 is 0 Å². The number of hydrogen-bond donors (Lipinski definition) is 0. The van der Waals surface area contributed by atoms with Crippen molar-refractivity contribution < 1.29 is 4.92 Å². The summed E-state index contributed by atoms with van der Waals surface area (Å²) in [5.74, 6) is 0. The van der Waals surface area contributed by atoms with Gasteiger partial charge in [0.25, 0.3) is 5.69 Å². The zero-order chi connectivity index (χ0) is 10.6. The first kappa shape index (κ1) is 11.0. The van der Waals surface area contributed by atoms with Crippen LogP contribution in [0.2, 0.25) is 0 Å². The normalized spacial score (nSPS) is 12.4. The van der Waals surface area contributed by atoms with Crippen LogP contribution in [0.4, 0.5) is 5.69 Å². The fourth-order valence-corrected chi connectivity index (χ4v) is 1.30. The Morgan fingerprint density at radius 3 is 2.86 bits per heavy atom. The Bertz CT molecular complexity index is 326. The second-order valence-electron chi connectivity index (χ2n) is 3.25. The molecule has 0 aliphatic heterocycles. The first-order valence-corrected chi connectivity index (χ1v) is 4.90. The highest BCUT2D eigenvalue weighted by atomic mass is 35.5. The first-order chi connectivity index (χ1) is 6.59. The van der Waals surface area contributed by atoms with Crippen molar-refractivity contribution in [1.82, 2.24) is 0 Å². The lowest BCUT2D eigenvalue weighted by Crippen LogP contribution is -1.95. The molecule has 1 aromatic carbocycles. The smallest absolute Gasteiger partial charge is 0.258 e. The Morgan fingerprint density at radius 1 is 1.57 bits per heavy atom. The van der Waals surface area contributed by atoms with Crippen LogP contribution in [0.1, 0.15) is 18.9 Å². The summed E-state index contributed by atoms with van der Waals surface area (Å²) < 4.78 is 0. The van der Waals surface area contributed by atoms with Crippen molar-refractivity contribution in [3.05, 3.63) is 39.9 Å². The van der Waals surface area contributed by atoms with Gasteiger partial charge in [-0.25, -0.2) is 0 Å². The summed E-state index contributed by atoms with van der Waals surface area (Å²) >= 11 is 5.80. The standard InChI is InChI=1S/C10H12ClNO2/c1-8(11)5-6-9-3-2-4-10(7-9)12(13)14/h2-4,7-8H,5-6H2,1H3. The molecule has 0 aliphatic carbocycles. The summed E-state index contributed by atoms with van der Waals surface area (Å²) in [4.78, 5) is 10.1. The van der Waals surface area contributed by atoms with Gasteiger partial charge in [-0.15, -0.1) is 11.6 Å². The van der Waals surface area contributed by atoms with E-state index in [1.165, 1.54) is 6.07 Å². The molecule has 1 unspecified atom stereocenters. The van der Waals surface area contributed by atoms with Crippen LogP contribution in [-0.4, -0.2) is 10.3 Å². The van der Waals surface area contributed by atoms with Crippen LogP contribution in [0, 0.1) is 10.1 Å². The highest BCUT2D eigenvalue weighted by Crippen LogP contribution is 2.15. The lowest BCUT2D eigenvalue weighted by Gasteiger charge is -2.02. The van der Waals surface area contributed by atoms with E-state index in [9.17, 15) is 10.1 Å². The minimum absolute atomic E-state index is 0.106. The van der Waals surface area contributed by atoms with Gasteiger partial charge in [0, 0.05) is 17.5 Å². The molecule has 0 amide bonds. The van der Waals surface area contributed by atoms with E-state index < -0.39 is 0 Å². The molecule has 0 fully saturated rings. The van der Waals surface area contributed by atoms with Crippen LogP contribution in [0.25, 0.3) is 0 Å². The number of nitrogens with zero attached hydrogens (tertiary/aromatic N) is 1. The SMILES string of the molecule is CC(Cl)CCc1cccc([N+](=O)[O-])c1. The van der Waals surface area contributed by atoms with Gasteiger partial charge in [0.15, 0.2) is 0 Å². The number of halogens is 1. The molecule has 1 atom stereocenters. The first-order valence-electron chi connectivity index (χ1n) is 4.47. The number of non-ortho nitro benzene ring substituents is 1. The van der Waals surface area contributed by atoms with E-state index in [2.05, 4.69) is 0 Å². The third-order valence-electron chi connectivity index (χ3n) is 1.95. The van der Waals surface area contributed by atoms with Crippen LogP contribution < -0.4 is 0 Å². The Hall–Kier alpha value is -1.09. The maximum atomic E-state index is 10.5. The van der Waals surface area contributed by atoms with E-state index in [1.54, 1.807) is 12.1 Å². The largest absolute Gasteiger partial charge is 0.269 e. The number of rotatable bonds is 4. The maximum absolute atomic E-state index is 10.5. The Kier molecular flexibility index (Phi) is 3.89. The number of aryl methyl sites for hydroxylation is 1. The molecule has 0 N–H and O–H groups in total. The average Bonchev–Trinajstić information content (AvgIpc) is 2.15. The molecule has 0 aromatic heterocycles. The van der Waals surface area contributed by atoms with E-state index in [1.807, 2.05) is 13.0 Å². The molecule has 1 rings (SSSR count). The maximum Gasteiger partial charge on any atom is 0.269 e. The second-order valence-corrected chi connectivity index (χ2v) is 3.99. The summed E-state index contributed by atoms with van der Waals surface area (Å²) in [5, 5.41) is 10.6. The monoisotopic (exact) mass is 213 g/mol. The summed E-state index contributed by atoms with van der Waals surface area (Å²) in [6.45, 7) is 1.92. The molecule has 0 bridgehead atoms. The van der Waals surface area contributed by atoms with Crippen molar-refractivity contribution in [2.75, 3.05) is 0 Å². The molecule has 1 aromatic rings. The van der Waals surface area contributed by atoms with Crippen LogP contribution in [0.3, 0.4) is 0 Å². The van der Waals surface area contributed by atoms with Crippen molar-refractivity contribution in [3.8, 4) is 0 Å². The Balaban J connectivity index is 2.69. The van der Waals surface area contributed by atoms with Gasteiger partial charge in [0.2, 0.25) is 0 Å². The number of nitro groups is 1. The Morgan fingerprint density at radius 2 is 2.29 bits per heavy atom. The van der Waals surface area contributed by atoms with Gasteiger partial charge in [0.1, 0.15) is 0 Å². The highest BCUT2D eigenvalue weighted by Gasteiger charge is 2.05. The molecule has 0 saturated carbocycles. The van der Waals surface area contributed by atoms with Crippen molar-refractivity contribution >= 4 is 17.3 Å². The summed E-state index contributed by atoms with van der Waals surface area (Å²) in [7, 11) is 0. The van der Waals surface area contributed by atoms with E-state index in [-0.39, 0.29) is 16.0 Å². The molecule has 76 valence electrons. The molecule has 4 heteroatoms. The molecule has 0 saturated heterocycles. The van der Waals surface area contributed by atoms with Gasteiger partial charge in [-0.2, -0.15) is 0 Å². The number of nitro benzene ring substituents is 1. The second kappa shape index (κ2) is 4.96. The van der Waals surface area contributed by atoms with Crippen molar-refractivity contribution in [1.29, 1.82) is 0 Å². The molecule has 3 nitrogen and oxygen atoms in total. The fourth-order valence-electron chi connectivity index (χ4n) is 1.19. The van der Waals surface area contributed by atoms with Crippen LogP contribution in [-0.2, 0) is 6.42 Å². The van der Waals surface area contributed by atoms with E-state index in [4.69, 9.17) is 11.6 Å². The molecule has 0 heterocycles. The summed E-state index contributed by atoms with van der Waals surface area (Å²) in [6.07, 6.45) is 1.62. The molecule has 0 spiro atoms. The zero-order valence-electron chi connectivity index (χ0n) is 7.94. The molecular formula is C10H12ClNO2. The van der Waals surface area contributed by atoms with Gasteiger partial charge in [-0.3, -0.25) is 10.1 Å². The van der Waals surface area contributed by atoms with E-state index in [0.717, 1.165) is 18.4 Å². The molecule has 0 aliphatic rings. The average molecular weight is 214 g/mol. The van der Waals surface area contributed by atoms with Crippen molar-refractivity contribution in [2.24, 2.45) is 0 Å². The topological polar surface area (TPSA) is 43.1 Å². The number of hydrogen-bond acceptors (Lipinski definition) is 2. The quantitative estimate of drug-likeness (QED) is 0.438. The van der Waals surface area contributed by atoms with Gasteiger partial charge in [-0.1, -0.05) is 12.1 Å². The van der Waals surface area contributed by atoms with E-state index in [0.29, 0.717) is 0 Å². The summed E-state index contributed by atoms with van der Waals surface area (Å²) in [6, 6.07) is 6.67. The van der Waals surface area contributed by atoms with Crippen LogP contribution >= 0.6 is 11.6 Å². The lowest BCUT2D eigenvalue weighted by molar-refractivity contribution is -0.384. The predicted molar refractivity (Wildman–Crippen MR) is 56.7 cm³/mol. The molecular weight excluding hydrogens is 202 g/mol. The van der Waals surface area contributed by atoms with Gasteiger partial charge in [0.05, 0.1) is 4.92 Å². The van der Waals surface area contributed by atoms with Gasteiger partial charge in [-0.05, 0) is 25.3 Å². The van der Waals surface area contributed by atoms with Crippen LogP contribution in [0.5, 0.6) is 0 Å². The zero-order valence-corrected chi connectivity index (χ0v) is 8.70. The van der Waals surface area contributed by atoms with Gasteiger partial charge < -0.3 is 0 Å². The fraction of sp³-hybridized carbons (Fsp3) is 0.400. The minimum Gasteiger partial charge on any atom is -0.258 e. The van der Waals surface area contributed by atoms with Crippen molar-refractivity contribution in [3.63, 3.8) is 0 Å². The minimum atomic E-state index is -0.381. The number of benzene rings is 1. The third-order valence-corrected chi connectivity index (χ3v) is 2.17. The molecule has 14 heavy (non-hydrogen) atoms. The third kappa shape index (κ3) is 3.34. The van der Waals surface area contributed by atoms with Crippen molar-refractivity contribution in [2.45, 2.75) is 25.1 Å². The Labute approximate surface area is 87.8 Å².